The molecule has 0 aromatic heterocycles. The van der Waals surface area contributed by atoms with Crippen molar-refractivity contribution >= 4 is 11.6 Å². The van der Waals surface area contributed by atoms with Crippen LogP contribution in [0.4, 0.5) is 5.69 Å². The Kier molecular flexibility index (Phi) is 4.70. The average molecular weight is 255 g/mol. The zero-order valence-corrected chi connectivity index (χ0v) is 10.6. The fourth-order valence-electron chi connectivity index (χ4n) is 1.83. The molecule has 2 aromatic carbocycles. The van der Waals surface area contributed by atoms with Crippen molar-refractivity contribution in [2.75, 3.05) is 5.32 Å². The number of nitrogens with one attached hydrogen (secondary N) is 1. The first-order valence-corrected chi connectivity index (χ1v) is 6.33. The van der Waals surface area contributed by atoms with E-state index in [4.69, 9.17) is 0 Å². The number of anilines is 1. The molecule has 0 unspecified atom stereocenters. The minimum Gasteiger partial charge on any atom is -0.383 e. The predicted octanol–water partition coefficient (Wildman–Crippen LogP) is 2.62. The lowest BCUT2D eigenvalue weighted by Gasteiger charge is -2.11. The summed E-state index contributed by atoms with van der Waals surface area (Å²) >= 11 is 0. The number of carbonyl (C=O) groups is 1. The monoisotopic (exact) mass is 255 g/mol. The highest BCUT2D eigenvalue weighted by Crippen LogP contribution is 2.09. The van der Waals surface area contributed by atoms with Crippen LogP contribution in [0.2, 0.25) is 0 Å². The Labute approximate surface area is 112 Å². The van der Waals surface area contributed by atoms with E-state index in [0.29, 0.717) is 18.5 Å². The summed E-state index contributed by atoms with van der Waals surface area (Å²) < 4.78 is 0. The second-order valence-corrected chi connectivity index (χ2v) is 4.40. The molecule has 2 aromatic rings. The molecule has 1 amide bonds. The van der Waals surface area contributed by atoms with Gasteiger partial charge in [-0.2, -0.15) is 0 Å². The van der Waals surface area contributed by atoms with Crippen molar-refractivity contribution in [3.05, 3.63) is 66.2 Å². The fourth-order valence-corrected chi connectivity index (χ4v) is 1.83. The maximum absolute atomic E-state index is 11.8. The lowest BCUT2D eigenvalue weighted by atomic mass is 10.1. The second kappa shape index (κ2) is 6.71. The summed E-state index contributed by atoms with van der Waals surface area (Å²) in [5.74, 6) is -0.359. The summed E-state index contributed by atoms with van der Waals surface area (Å²) in [5.41, 5.74) is 1.82. The van der Waals surface area contributed by atoms with Crippen LogP contribution in [0.25, 0.3) is 0 Å². The van der Waals surface area contributed by atoms with Gasteiger partial charge in [0.1, 0.15) is 6.10 Å². The zero-order chi connectivity index (χ0) is 13.5. The molecule has 0 spiro atoms. The normalized spacial score (nSPS) is 11.8. The van der Waals surface area contributed by atoms with Crippen molar-refractivity contribution in [1.29, 1.82) is 0 Å². The summed E-state index contributed by atoms with van der Waals surface area (Å²) in [7, 11) is 0. The number of aryl methyl sites for hydroxylation is 1. The van der Waals surface area contributed by atoms with Gasteiger partial charge >= 0.3 is 0 Å². The molecule has 0 heterocycles. The van der Waals surface area contributed by atoms with Gasteiger partial charge in [-0.15, -0.1) is 0 Å². The number of aliphatic hydroxyl groups is 1. The van der Waals surface area contributed by atoms with Crippen molar-refractivity contribution in [2.45, 2.75) is 18.9 Å². The molecule has 2 N–H and O–H groups in total. The Morgan fingerprint density at radius 2 is 1.58 bits per heavy atom. The van der Waals surface area contributed by atoms with E-state index in [9.17, 15) is 9.90 Å². The van der Waals surface area contributed by atoms with Gasteiger partial charge in [0.25, 0.3) is 5.91 Å². The Morgan fingerprint density at radius 3 is 2.21 bits per heavy atom. The molecule has 0 bridgehead atoms. The lowest BCUT2D eigenvalue weighted by Crippen LogP contribution is -2.28. The smallest absolute Gasteiger partial charge is 0.253 e. The quantitative estimate of drug-likeness (QED) is 0.862. The Hall–Kier alpha value is -2.13. The van der Waals surface area contributed by atoms with Crippen molar-refractivity contribution in [2.24, 2.45) is 0 Å². The Morgan fingerprint density at radius 1 is 1.00 bits per heavy atom. The maximum Gasteiger partial charge on any atom is 0.253 e. The van der Waals surface area contributed by atoms with Gasteiger partial charge in [0.15, 0.2) is 0 Å². The first kappa shape index (κ1) is 13.3. The molecule has 0 saturated carbocycles. The highest BCUT2D eigenvalue weighted by atomic mass is 16.3. The SMILES string of the molecule is O=C(Nc1ccccc1)[C@H](O)CCc1ccccc1. The van der Waals surface area contributed by atoms with E-state index in [1.165, 1.54) is 0 Å². The van der Waals surface area contributed by atoms with Crippen LogP contribution in [0.1, 0.15) is 12.0 Å². The topological polar surface area (TPSA) is 49.3 Å². The molecule has 0 radical (unpaired) electrons. The van der Waals surface area contributed by atoms with Crippen LogP contribution in [0, 0.1) is 0 Å². The van der Waals surface area contributed by atoms with Gasteiger partial charge in [0.2, 0.25) is 0 Å². The summed E-state index contributed by atoms with van der Waals surface area (Å²) in [4.78, 5) is 11.8. The molecule has 3 nitrogen and oxygen atoms in total. The zero-order valence-electron chi connectivity index (χ0n) is 10.6. The van der Waals surface area contributed by atoms with Gasteiger partial charge < -0.3 is 10.4 Å². The standard InChI is InChI=1S/C16H17NO2/c18-15(12-11-13-7-3-1-4-8-13)16(19)17-14-9-5-2-6-10-14/h1-10,15,18H,11-12H2,(H,17,19)/t15-/m1/s1. The molecule has 0 saturated heterocycles. The molecule has 0 aliphatic heterocycles. The number of rotatable bonds is 5. The Bertz CT molecular complexity index is 511. The molecule has 0 fully saturated rings. The highest BCUT2D eigenvalue weighted by Gasteiger charge is 2.14. The number of hydrogen-bond donors (Lipinski definition) is 2. The maximum atomic E-state index is 11.8. The predicted molar refractivity (Wildman–Crippen MR) is 75.8 cm³/mol. The van der Waals surface area contributed by atoms with Crippen LogP contribution in [0.3, 0.4) is 0 Å². The number of para-hydroxylation sites is 1. The van der Waals surface area contributed by atoms with Crippen LogP contribution >= 0.6 is 0 Å². The largest absolute Gasteiger partial charge is 0.383 e. The van der Waals surface area contributed by atoms with Gasteiger partial charge in [-0.3, -0.25) is 4.79 Å². The summed E-state index contributed by atoms with van der Waals surface area (Å²) in [6.45, 7) is 0. The van der Waals surface area contributed by atoms with E-state index < -0.39 is 6.10 Å². The Balaban J connectivity index is 1.83. The van der Waals surface area contributed by atoms with Crippen molar-refractivity contribution < 1.29 is 9.90 Å². The summed E-state index contributed by atoms with van der Waals surface area (Å²) in [6, 6.07) is 19.0. The van der Waals surface area contributed by atoms with E-state index in [0.717, 1.165) is 5.56 Å². The summed E-state index contributed by atoms with van der Waals surface area (Å²) in [5, 5.41) is 12.5. The molecule has 1 atom stereocenters. The average Bonchev–Trinajstić information content (AvgIpc) is 2.47. The van der Waals surface area contributed by atoms with Gasteiger partial charge in [-0.05, 0) is 30.5 Å². The van der Waals surface area contributed by atoms with E-state index in [2.05, 4.69) is 5.32 Å². The molecule has 19 heavy (non-hydrogen) atoms. The van der Waals surface area contributed by atoms with Crippen LogP contribution in [0.15, 0.2) is 60.7 Å². The van der Waals surface area contributed by atoms with Crippen LogP contribution in [-0.2, 0) is 11.2 Å². The van der Waals surface area contributed by atoms with E-state index in [-0.39, 0.29) is 5.91 Å². The van der Waals surface area contributed by atoms with Gasteiger partial charge in [-0.1, -0.05) is 48.5 Å². The number of hydrogen-bond acceptors (Lipinski definition) is 2. The first-order valence-electron chi connectivity index (χ1n) is 6.33. The van der Waals surface area contributed by atoms with Crippen molar-refractivity contribution in [3.8, 4) is 0 Å². The van der Waals surface area contributed by atoms with Crippen molar-refractivity contribution in [1.82, 2.24) is 0 Å². The summed E-state index contributed by atoms with van der Waals surface area (Å²) in [6.07, 6.45) is 0.118. The van der Waals surface area contributed by atoms with E-state index in [1.807, 2.05) is 48.5 Å². The molecule has 2 rings (SSSR count). The molecule has 0 aliphatic carbocycles. The van der Waals surface area contributed by atoms with Crippen LogP contribution < -0.4 is 5.32 Å². The minimum atomic E-state index is -0.986. The fraction of sp³-hybridized carbons (Fsp3) is 0.188. The molecule has 0 aliphatic rings. The van der Waals surface area contributed by atoms with Crippen molar-refractivity contribution in [3.63, 3.8) is 0 Å². The lowest BCUT2D eigenvalue weighted by molar-refractivity contribution is -0.124. The van der Waals surface area contributed by atoms with Gasteiger partial charge in [0.05, 0.1) is 0 Å². The highest BCUT2D eigenvalue weighted by molar-refractivity contribution is 5.93. The number of carbonyl (C=O) groups excluding carboxylic acids is 1. The van der Waals surface area contributed by atoms with Gasteiger partial charge in [0, 0.05) is 5.69 Å². The number of benzene rings is 2. The third kappa shape index (κ3) is 4.23. The minimum absolute atomic E-state index is 0.359. The van der Waals surface area contributed by atoms with E-state index >= 15 is 0 Å². The third-order valence-electron chi connectivity index (χ3n) is 2.89. The second-order valence-electron chi connectivity index (χ2n) is 4.40. The third-order valence-corrected chi connectivity index (χ3v) is 2.89. The molecular weight excluding hydrogens is 238 g/mol. The first-order chi connectivity index (χ1) is 9.25. The van der Waals surface area contributed by atoms with E-state index in [1.54, 1.807) is 12.1 Å². The van der Waals surface area contributed by atoms with Crippen LogP contribution in [0.5, 0.6) is 0 Å². The number of aliphatic hydroxyl groups excluding tert-OH is 1. The molecule has 98 valence electrons. The van der Waals surface area contributed by atoms with Gasteiger partial charge in [-0.25, -0.2) is 0 Å². The molecular formula is C16H17NO2. The molecule has 3 heteroatoms. The number of amides is 1. The van der Waals surface area contributed by atoms with Crippen LogP contribution in [-0.4, -0.2) is 17.1 Å².